The van der Waals surface area contributed by atoms with E-state index in [1.54, 1.807) is 0 Å². The van der Waals surface area contributed by atoms with Crippen LogP contribution < -0.4 is 0 Å². The predicted molar refractivity (Wildman–Crippen MR) is 288 cm³/mol. The fourth-order valence-corrected chi connectivity index (χ4v) is 7.88. The Morgan fingerprint density at radius 2 is 0.743 bits per heavy atom. The van der Waals surface area contributed by atoms with Crippen LogP contribution in [0.4, 0.5) is 0 Å². The number of carbonyl (C=O) groups excluding carboxylic acids is 3. The molecule has 0 heterocycles. The zero-order valence-electron chi connectivity index (χ0n) is 44.2. The van der Waals surface area contributed by atoms with Crippen molar-refractivity contribution in [3.8, 4) is 0 Å². The third kappa shape index (κ3) is 49.6. The van der Waals surface area contributed by atoms with Crippen LogP contribution in [0.5, 0.6) is 0 Å². The topological polar surface area (TPSA) is 155 Å². The third-order valence-electron chi connectivity index (χ3n) is 11.2. The van der Waals surface area contributed by atoms with Crippen molar-refractivity contribution in [3.63, 3.8) is 0 Å². The molecule has 3 unspecified atom stereocenters. The van der Waals surface area contributed by atoms with E-state index >= 15 is 0 Å². The molecule has 12 heteroatoms. The Bertz CT molecular complexity index is 1500. The standard InChI is InChI=1S/C58H99O11P/c1-4-7-10-13-16-19-22-25-26-27-28-31-32-35-38-41-44-47-56(60)65-51-55(69-58(62)49-46-43-40-37-34-30-24-21-18-15-12-9-6-3)53-67-70(63,64)66-52-54(50-59)68-57(61)48-45-42-39-36-33-29-23-20-17-14-11-8-5-2/h7,10-12,14-16,19-21,23-26,54-55,59H,4-6,8-9,13,17-18,22,27-53H2,1-3H3,(H,63,64)/b10-7-,14-11-,15-12-,19-16-,23-20-,24-21-,26-25-. The maximum absolute atomic E-state index is 12.9. The molecule has 0 rings (SSSR count). The van der Waals surface area contributed by atoms with Crippen LogP contribution in [0.2, 0.25) is 0 Å². The van der Waals surface area contributed by atoms with Crippen molar-refractivity contribution >= 4 is 25.7 Å². The lowest BCUT2D eigenvalue weighted by Crippen LogP contribution is -2.30. The molecule has 0 aliphatic heterocycles. The molecule has 0 aromatic heterocycles. The largest absolute Gasteiger partial charge is 0.472 e. The fraction of sp³-hybridized carbons (Fsp3) is 0.707. The Hall–Kier alpha value is -3.34. The first-order chi connectivity index (χ1) is 34.2. The summed E-state index contributed by atoms with van der Waals surface area (Å²) in [4.78, 5) is 48.4. The molecule has 0 aliphatic rings. The molecule has 0 radical (unpaired) electrons. The summed E-state index contributed by atoms with van der Waals surface area (Å²) < 4.78 is 39.4. The molecule has 0 aromatic rings. The highest BCUT2D eigenvalue weighted by molar-refractivity contribution is 7.47. The van der Waals surface area contributed by atoms with Gasteiger partial charge in [0.25, 0.3) is 0 Å². The predicted octanol–water partition coefficient (Wildman–Crippen LogP) is 15.9. The van der Waals surface area contributed by atoms with Gasteiger partial charge in [0.15, 0.2) is 6.10 Å². The number of hydrogen-bond acceptors (Lipinski definition) is 10. The minimum atomic E-state index is -4.76. The van der Waals surface area contributed by atoms with Crippen LogP contribution in [0.25, 0.3) is 0 Å². The minimum absolute atomic E-state index is 0.145. The monoisotopic (exact) mass is 1000 g/mol. The Kier molecular flexibility index (Phi) is 49.5. The van der Waals surface area contributed by atoms with Crippen molar-refractivity contribution in [2.24, 2.45) is 0 Å². The van der Waals surface area contributed by atoms with Crippen LogP contribution in [0.15, 0.2) is 85.1 Å². The second-order valence-corrected chi connectivity index (χ2v) is 19.5. The van der Waals surface area contributed by atoms with E-state index in [1.807, 2.05) is 0 Å². The van der Waals surface area contributed by atoms with Gasteiger partial charge in [-0.1, -0.05) is 189 Å². The van der Waals surface area contributed by atoms with E-state index in [1.165, 1.54) is 12.8 Å². The summed E-state index contributed by atoms with van der Waals surface area (Å²) in [7, 11) is -4.76. The van der Waals surface area contributed by atoms with Gasteiger partial charge in [-0.15, -0.1) is 0 Å². The lowest BCUT2D eigenvalue weighted by molar-refractivity contribution is -0.161. The second kappa shape index (κ2) is 52.0. The fourth-order valence-electron chi connectivity index (χ4n) is 7.09. The van der Waals surface area contributed by atoms with E-state index in [0.29, 0.717) is 19.3 Å². The minimum Gasteiger partial charge on any atom is -0.462 e. The summed E-state index contributed by atoms with van der Waals surface area (Å²) in [5.41, 5.74) is 0. The van der Waals surface area contributed by atoms with Gasteiger partial charge in [0.2, 0.25) is 0 Å². The van der Waals surface area contributed by atoms with Crippen molar-refractivity contribution in [2.75, 3.05) is 26.4 Å². The Morgan fingerprint density at radius 3 is 1.14 bits per heavy atom. The number of hydrogen-bond donors (Lipinski definition) is 2. The van der Waals surface area contributed by atoms with Gasteiger partial charge >= 0.3 is 25.7 Å². The number of aliphatic hydroxyl groups is 1. The Labute approximate surface area is 426 Å². The number of phosphoric ester groups is 1. The van der Waals surface area contributed by atoms with Crippen LogP contribution in [0.3, 0.4) is 0 Å². The molecule has 2 N–H and O–H groups in total. The number of esters is 3. The average molecular weight is 1000 g/mol. The Balaban J connectivity index is 4.76. The molecule has 3 atom stereocenters. The summed E-state index contributed by atoms with van der Waals surface area (Å²) in [6.07, 6.45) is 58.3. The van der Waals surface area contributed by atoms with Crippen LogP contribution in [0.1, 0.15) is 226 Å². The summed E-state index contributed by atoms with van der Waals surface area (Å²) >= 11 is 0. The quantitative estimate of drug-likeness (QED) is 0.0197. The zero-order valence-corrected chi connectivity index (χ0v) is 45.1. The number of aliphatic hydroxyl groups excluding tert-OH is 1. The molecular formula is C58H99O11P. The molecule has 70 heavy (non-hydrogen) atoms. The first-order valence-corrected chi connectivity index (χ1v) is 29.0. The van der Waals surface area contributed by atoms with E-state index in [9.17, 15) is 28.9 Å². The van der Waals surface area contributed by atoms with E-state index in [0.717, 1.165) is 154 Å². The Morgan fingerprint density at radius 1 is 0.414 bits per heavy atom. The SMILES string of the molecule is CC/C=C\C/C=C\C/C=C\CCCCCCCCCC(=O)OCC(COP(=O)(O)OCC(CO)OC(=O)CCCCCCC/C=C\C/C=C\CCC)OC(=O)CCCCCCC/C=C\C/C=C\CCC. The average Bonchev–Trinajstić information content (AvgIpc) is 3.35. The van der Waals surface area contributed by atoms with E-state index in [-0.39, 0.29) is 25.9 Å². The molecule has 0 saturated heterocycles. The summed E-state index contributed by atoms with van der Waals surface area (Å²) in [5, 5.41) is 9.79. The molecular weight excluding hydrogens is 904 g/mol. The second-order valence-electron chi connectivity index (χ2n) is 18.0. The van der Waals surface area contributed by atoms with Crippen LogP contribution in [-0.4, -0.2) is 66.5 Å². The molecule has 0 amide bonds. The summed E-state index contributed by atoms with van der Waals surface area (Å²) in [6, 6.07) is 0. The van der Waals surface area contributed by atoms with Gasteiger partial charge in [-0.2, -0.15) is 0 Å². The van der Waals surface area contributed by atoms with E-state index < -0.39 is 57.8 Å². The number of rotatable bonds is 50. The van der Waals surface area contributed by atoms with Crippen LogP contribution in [0, 0.1) is 0 Å². The number of unbranched alkanes of at least 4 members (excludes halogenated alkanes) is 19. The lowest BCUT2D eigenvalue weighted by Gasteiger charge is -2.21. The molecule has 402 valence electrons. The molecule has 0 spiro atoms. The maximum Gasteiger partial charge on any atom is 0.472 e. The molecule has 0 fully saturated rings. The number of carbonyl (C=O) groups is 3. The number of phosphoric acid groups is 1. The molecule has 0 aliphatic carbocycles. The number of allylic oxidation sites excluding steroid dienone is 14. The van der Waals surface area contributed by atoms with Crippen molar-refractivity contribution in [3.05, 3.63) is 85.1 Å². The van der Waals surface area contributed by atoms with Gasteiger partial charge in [-0.25, -0.2) is 4.57 Å². The van der Waals surface area contributed by atoms with Crippen molar-refractivity contribution in [2.45, 2.75) is 238 Å². The zero-order chi connectivity index (χ0) is 51.3. The third-order valence-corrected chi connectivity index (χ3v) is 12.2. The van der Waals surface area contributed by atoms with E-state index in [4.69, 9.17) is 23.3 Å². The molecule has 0 aromatic carbocycles. The summed E-state index contributed by atoms with van der Waals surface area (Å²) in [5.74, 6) is -1.51. The highest BCUT2D eigenvalue weighted by Gasteiger charge is 2.28. The summed E-state index contributed by atoms with van der Waals surface area (Å²) in [6.45, 7) is 4.35. The van der Waals surface area contributed by atoms with Gasteiger partial charge in [0.1, 0.15) is 12.7 Å². The van der Waals surface area contributed by atoms with Gasteiger partial charge < -0.3 is 24.2 Å². The number of ether oxygens (including phenoxy) is 3. The maximum atomic E-state index is 12.9. The molecule has 0 bridgehead atoms. The van der Waals surface area contributed by atoms with Gasteiger partial charge in [-0.05, 0) is 103 Å². The van der Waals surface area contributed by atoms with Gasteiger partial charge in [-0.3, -0.25) is 23.4 Å². The highest BCUT2D eigenvalue weighted by Crippen LogP contribution is 2.43. The molecule has 11 nitrogen and oxygen atoms in total. The van der Waals surface area contributed by atoms with Crippen molar-refractivity contribution in [1.82, 2.24) is 0 Å². The normalized spacial score (nSPS) is 14.1. The lowest BCUT2D eigenvalue weighted by atomic mass is 10.1. The molecule has 0 saturated carbocycles. The van der Waals surface area contributed by atoms with Crippen LogP contribution in [-0.2, 0) is 42.2 Å². The highest BCUT2D eigenvalue weighted by atomic mass is 31.2. The van der Waals surface area contributed by atoms with Crippen molar-refractivity contribution in [1.29, 1.82) is 0 Å². The van der Waals surface area contributed by atoms with Crippen molar-refractivity contribution < 1.29 is 52.2 Å². The van der Waals surface area contributed by atoms with E-state index in [2.05, 4.69) is 106 Å². The first kappa shape index (κ1) is 66.7. The van der Waals surface area contributed by atoms with Gasteiger partial charge in [0, 0.05) is 19.3 Å². The van der Waals surface area contributed by atoms with Gasteiger partial charge in [0.05, 0.1) is 19.8 Å². The smallest absolute Gasteiger partial charge is 0.462 e. The van der Waals surface area contributed by atoms with Crippen LogP contribution >= 0.6 is 7.82 Å². The first-order valence-electron chi connectivity index (χ1n) is 27.5.